The first-order chi connectivity index (χ1) is 12.7. The molecule has 10 heteroatoms. The predicted octanol–water partition coefficient (Wildman–Crippen LogP) is 0.704. The minimum Gasteiger partial charge on any atom is -0.343 e. The van der Waals surface area contributed by atoms with Crippen molar-refractivity contribution < 1.29 is 18.0 Å². The van der Waals surface area contributed by atoms with E-state index in [1.807, 2.05) is 6.92 Å². The van der Waals surface area contributed by atoms with Gasteiger partial charge in [-0.3, -0.25) is 14.3 Å². The van der Waals surface area contributed by atoms with Gasteiger partial charge in [-0.05, 0) is 38.1 Å². The molecule has 0 aliphatic heterocycles. The molecule has 2 amide bonds. The van der Waals surface area contributed by atoms with Crippen molar-refractivity contribution in [3.8, 4) is 0 Å². The molecule has 1 aromatic carbocycles. The Morgan fingerprint density at radius 1 is 1.15 bits per heavy atom. The molecule has 0 unspecified atom stereocenters. The lowest BCUT2D eigenvalue weighted by Crippen LogP contribution is -2.33. The Labute approximate surface area is 158 Å². The highest BCUT2D eigenvalue weighted by molar-refractivity contribution is 7.89. The van der Waals surface area contributed by atoms with E-state index < -0.39 is 15.9 Å². The monoisotopic (exact) mass is 393 g/mol. The molecule has 0 spiro atoms. The van der Waals surface area contributed by atoms with Crippen molar-refractivity contribution in [2.45, 2.75) is 25.7 Å². The average Bonchev–Trinajstić information content (AvgIpc) is 2.86. The van der Waals surface area contributed by atoms with E-state index in [0.29, 0.717) is 11.4 Å². The molecule has 0 bridgehead atoms. The maximum atomic E-state index is 12.2. The van der Waals surface area contributed by atoms with Crippen molar-refractivity contribution in [2.24, 2.45) is 7.05 Å². The summed E-state index contributed by atoms with van der Waals surface area (Å²) >= 11 is 0. The summed E-state index contributed by atoms with van der Waals surface area (Å²) in [5.74, 6) is -0.855. The molecule has 2 aromatic rings. The second-order valence-corrected chi connectivity index (χ2v) is 7.69. The van der Waals surface area contributed by atoms with Gasteiger partial charge < -0.3 is 10.6 Å². The highest BCUT2D eigenvalue weighted by atomic mass is 32.2. The van der Waals surface area contributed by atoms with Crippen molar-refractivity contribution >= 4 is 27.5 Å². The van der Waals surface area contributed by atoms with Crippen molar-refractivity contribution in [2.75, 3.05) is 18.4 Å². The van der Waals surface area contributed by atoms with Crippen molar-refractivity contribution in [3.63, 3.8) is 0 Å². The van der Waals surface area contributed by atoms with Crippen LogP contribution in [0.5, 0.6) is 0 Å². The number of carbonyl (C=O) groups is 2. The Morgan fingerprint density at radius 3 is 2.30 bits per heavy atom. The third kappa shape index (κ3) is 4.92. The van der Waals surface area contributed by atoms with Crippen LogP contribution in [0, 0.1) is 13.8 Å². The number of nitrogens with one attached hydrogen (secondary N) is 3. The van der Waals surface area contributed by atoms with Gasteiger partial charge in [0.05, 0.1) is 28.5 Å². The van der Waals surface area contributed by atoms with E-state index in [1.165, 1.54) is 24.3 Å². The van der Waals surface area contributed by atoms with Crippen molar-refractivity contribution in [3.05, 3.63) is 41.2 Å². The summed E-state index contributed by atoms with van der Waals surface area (Å²) in [5, 5.41) is 9.44. The normalized spacial score (nSPS) is 11.3. The average molecular weight is 393 g/mol. The maximum Gasteiger partial charge on any atom is 0.251 e. The first-order valence-corrected chi connectivity index (χ1v) is 9.82. The summed E-state index contributed by atoms with van der Waals surface area (Å²) in [6.45, 7) is 5.35. The summed E-state index contributed by atoms with van der Waals surface area (Å²) < 4.78 is 27.8. The molecular weight excluding hydrogens is 370 g/mol. The lowest BCUT2D eigenvalue weighted by molar-refractivity contribution is -0.115. The number of hydrogen-bond donors (Lipinski definition) is 3. The van der Waals surface area contributed by atoms with Crippen LogP contribution in [0.4, 0.5) is 5.69 Å². The summed E-state index contributed by atoms with van der Waals surface area (Å²) in [4.78, 5) is 24.3. The number of rotatable bonds is 7. The number of hydrogen-bond acceptors (Lipinski definition) is 5. The van der Waals surface area contributed by atoms with Gasteiger partial charge in [0.15, 0.2) is 0 Å². The van der Waals surface area contributed by atoms with Crippen LogP contribution in [0.15, 0.2) is 29.2 Å². The Hall–Kier alpha value is -2.72. The van der Waals surface area contributed by atoms with Gasteiger partial charge in [0.25, 0.3) is 5.91 Å². The minimum atomic E-state index is -3.57. The molecule has 0 saturated heterocycles. The van der Waals surface area contributed by atoms with Gasteiger partial charge in [0.2, 0.25) is 15.9 Å². The van der Waals surface area contributed by atoms with E-state index in [4.69, 9.17) is 0 Å². The standard InChI is InChI=1S/C17H23N5O4S/c1-5-19-27(25,26)14-8-6-13(7-9-14)17(24)18-10-15(23)20-16-11(2)21-22(4)12(16)3/h6-9,19H,5,10H2,1-4H3,(H,18,24)(H,20,23). The van der Waals surface area contributed by atoms with E-state index in [-0.39, 0.29) is 29.5 Å². The molecule has 1 aromatic heterocycles. The number of benzene rings is 1. The minimum absolute atomic E-state index is 0.0705. The third-order valence-corrected chi connectivity index (χ3v) is 5.51. The van der Waals surface area contributed by atoms with Crippen LogP contribution in [-0.2, 0) is 21.9 Å². The SMILES string of the molecule is CCNS(=O)(=O)c1ccc(C(=O)NCC(=O)Nc2c(C)nn(C)c2C)cc1. The van der Waals surface area contributed by atoms with Crippen molar-refractivity contribution in [1.82, 2.24) is 19.8 Å². The highest BCUT2D eigenvalue weighted by Crippen LogP contribution is 2.17. The summed E-state index contributed by atoms with van der Waals surface area (Å²) in [6, 6.07) is 5.48. The number of amides is 2. The highest BCUT2D eigenvalue weighted by Gasteiger charge is 2.15. The molecule has 27 heavy (non-hydrogen) atoms. The number of sulfonamides is 1. The van der Waals surface area contributed by atoms with E-state index in [1.54, 1.807) is 25.6 Å². The van der Waals surface area contributed by atoms with E-state index in [2.05, 4.69) is 20.5 Å². The van der Waals surface area contributed by atoms with E-state index in [9.17, 15) is 18.0 Å². The van der Waals surface area contributed by atoms with E-state index >= 15 is 0 Å². The van der Waals surface area contributed by atoms with Gasteiger partial charge in [-0.2, -0.15) is 5.10 Å². The van der Waals surface area contributed by atoms with Gasteiger partial charge in [-0.15, -0.1) is 0 Å². The van der Waals surface area contributed by atoms with Crippen LogP contribution >= 0.6 is 0 Å². The largest absolute Gasteiger partial charge is 0.343 e. The van der Waals surface area contributed by atoms with Crippen LogP contribution in [0.3, 0.4) is 0 Å². The topological polar surface area (TPSA) is 122 Å². The lowest BCUT2D eigenvalue weighted by atomic mass is 10.2. The van der Waals surface area contributed by atoms with Crippen LogP contribution in [-0.4, -0.2) is 43.1 Å². The molecule has 0 atom stereocenters. The zero-order valence-corrected chi connectivity index (χ0v) is 16.5. The zero-order chi connectivity index (χ0) is 20.2. The zero-order valence-electron chi connectivity index (χ0n) is 15.7. The Kier molecular flexibility index (Phi) is 6.34. The summed E-state index contributed by atoms with van der Waals surface area (Å²) in [7, 11) is -1.80. The molecule has 0 aliphatic rings. The predicted molar refractivity (Wildman–Crippen MR) is 101 cm³/mol. The fourth-order valence-corrected chi connectivity index (χ4v) is 3.50. The number of aryl methyl sites for hydroxylation is 2. The molecule has 9 nitrogen and oxygen atoms in total. The molecular formula is C17H23N5O4S. The van der Waals surface area contributed by atoms with Gasteiger partial charge >= 0.3 is 0 Å². The summed E-state index contributed by atoms with van der Waals surface area (Å²) in [5.41, 5.74) is 2.37. The Morgan fingerprint density at radius 2 is 1.78 bits per heavy atom. The fraction of sp³-hybridized carbons (Fsp3) is 0.353. The number of aromatic nitrogens is 2. The van der Waals surface area contributed by atoms with E-state index in [0.717, 1.165) is 5.69 Å². The van der Waals surface area contributed by atoms with Gasteiger partial charge in [0, 0.05) is 19.2 Å². The molecule has 2 rings (SSSR count). The molecule has 0 fully saturated rings. The third-order valence-electron chi connectivity index (χ3n) is 3.94. The first kappa shape index (κ1) is 20.6. The molecule has 146 valence electrons. The van der Waals surface area contributed by atoms with Crippen LogP contribution < -0.4 is 15.4 Å². The lowest BCUT2D eigenvalue weighted by Gasteiger charge is -2.08. The molecule has 0 radical (unpaired) electrons. The first-order valence-electron chi connectivity index (χ1n) is 8.33. The maximum absolute atomic E-state index is 12.2. The number of nitrogens with zero attached hydrogens (tertiary/aromatic N) is 2. The summed E-state index contributed by atoms with van der Waals surface area (Å²) in [6.07, 6.45) is 0. The van der Waals surface area contributed by atoms with Gasteiger partial charge in [-0.1, -0.05) is 6.92 Å². The molecule has 0 aliphatic carbocycles. The van der Waals surface area contributed by atoms with Crippen LogP contribution in [0.25, 0.3) is 0 Å². The second-order valence-electron chi connectivity index (χ2n) is 5.93. The fourth-order valence-electron chi connectivity index (χ4n) is 2.46. The molecule has 1 heterocycles. The smallest absolute Gasteiger partial charge is 0.251 e. The second kappa shape index (κ2) is 8.31. The molecule has 0 saturated carbocycles. The van der Waals surface area contributed by atoms with Gasteiger partial charge in [0.1, 0.15) is 0 Å². The van der Waals surface area contributed by atoms with Gasteiger partial charge in [-0.25, -0.2) is 13.1 Å². The van der Waals surface area contributed by atoms with Crippen LogP contribution in [0.2, 0.25) is 0 Å². The quantitative estimate of drug-likeness (QED) is 0.639. The van der Waals surface area contributed by atoms with Crippen molar-refractivity contribution in [1.29, 1.82) is 0 Å². The number of anilines is 1. The Balaban J connectivity index is 1.96. The van der Waals surface area contributed by atoms with Crippen LogP contribution in [0.1, 0.15) is 28.7 Å². The number of carbonyl (C=O) groups excluding carboxylic acids is 2. The molecule has 3 N–H and O–H groups in total. The Bertz CT molecular complexity index is 948.